The number of alkyl halides is 2. The van der Waals surface area contributed by atoms with Crippen molar-refractivity contribution in [3.63, 3.8) is 0 Å². The van der Waals surface area contributed by atoms with Crippen molar-refractivity contribution in [2.24, 2.45) is 7.05 Å². The predicted molar refractivity (Wildman–Crippen MR) is 124 cm³/mol. The van der Waals surface area contributed by atoms with Gasteiger partial charge in [-0.25, -0.2) is 13.8 Å². The Hall–Kier alpha value is -3.51. The molecule has 0 amide bonds. The lowest BCUT2D eigenvalue weighted by Gasteiger charge is -2.50. The van der Waals surface area contributed by atoms with E-state index in [-0.39, 0.29) is 40.7 Å². The summed E-state index contributed by atoms with van der Waals surface area (Å²) in [6.07, 6.45) is -2.48. The van der Waals surface area contributed by atoms with E-state index in [2.05, 4.69) is 34.7 Å². The second kappa shape index (κ2) is 8.37. The quantitative estimate of drug-likeness (QED) is 0.586. The Balaban J connectivity index is 1.50. The number of fused-ring (bicyclic) bond motifs is 5. The summed E-state index contributed by atoms with van der Waals surface area (Å²) in [7, 11) is 1.68. The molecule has 0 radical (unpaired) electrons. The number of hydrogen-bond acceptors (Lipinski definition) is 6. The molecule has 2 aromatic heterocycles. The smallest absolute Gasteiger partial charge is 0.295 e. The van der Waals surface area contributed by atoms with Crippen molar-refractivity contribution in [1.29, 1.82) is 5.26 Å². The Morgan fingerprint density at radius 3 is 2.53 bits per heavy atom. The van der Waals surface area contributed by atoms with Gasteiger partial charge in [-0.2, -0.15) is 5.26 Å². The molecule has 1 fully saturated rings. The summed E-state index contributed by atoms with van der Waals surface area (Å²) >= 11 is 0. The highest BCUT2D eigenvalue weighted by atomic mass is 19.3. The molecule has 2 aliphatic heterocycles. The zero-order valence-corrected chi connectivity index (χ0v) is 19.2. The van der Waals surface area contributed by atoms with Crippen LogP contribution in [0.25, 0.3) is 11.0 Å². The second-order valence-electron chi connectivity index (χ2n) is 9.02. The molecule has 0 unspecified atom stereocenters. The third-order valence-electron chi connectivity index (χ3n) is 7.05. The van der Waals surface area contributed by atoms with Crippen LogP contribution in [0, 0.1) is 11.3 Å². The second-order valence-corrected chi connectivity index (χ2v) is 9.02. The van der Waals surface area contributed by atoms with Gasteiger partial charge in [-0.3, -0.25) is 9.69 Å². The van der Waals surface area contributed by atoms with E-state index in [1.54, 1.807) is 31.3 Å². The van der Waals surface area contributed by atoms with Gasteiger partial charge >= 0.3 is 0 Å². The maximum Gasteiger partial charge on any atom is 0.295 e. The number of rotatable bonds is 3. The molecule has 0 bridgehead atoms. The van der Waals surface area contributed by atoms with E-state index in [9.17, 15) is 18.8 Å². The summed E-state index contributed by atoms with van der Waals surface area (Å²) in [4.78, 5) is 22.1. The lowest BCUT2D eigenvalue weighted by atomic mass is 9.98. The van der Waals surface area contributed by atoms with Crippen LogP contribution in [0.3, 0.4) is 0 Å². The molecule has 3 atom stereocenters. The number of halogens is 2. The van der Waals surface area contributed by atoms with Crippen LogP contribution >= 0.6 is 0 Å². The largest absolute Gasteiger partial charge is 0.484 e. The molecule has 0 N–H and O–H groups in total. The summed E-state index contributed by atoms with van der Waals surface area (Å²) < 4.78 is 33.4. The Kier molecular flexibility index (Phi) is 5.48. The van der Waals surface area contributed by atoms with Crippen LogP contribution in [-0.2, 0) is 7.05 Å². The van der Waals surface area contributed by atoms with Crippen LogP contribution in [0.1, 0.15) is 43.1 Å². The van der Waals surface area contributed by atoms with Gasteiger partial charge in [-0.1, -0.05) is 24.3 Å². The van der Waals surface area contributed by atoms with Crippen molar-refractivity contribution in [1.82, 2.24) is 14.5 Å². The lowest BCUT2D eigenvalue weighted by Crippen LogP contribution is -2.61. The number of ether oxygens (including phenoxy) is 1. The molecule has 34 heavy (non-hydrogen) atoms. The van der Waals surface area contributed by atoms with E-state index in [4.69, 9.17) is 4.74 Å². The number of benzene rings is 1. The molecule has 1 aromatic carbocycles. The lowest BCUT2D eigenvalue weighted by molar-refractivity contribution is 0.0916. The minimum Gasteiger partial charge on any atom is -0.484 e. The molecule has 1 saturated heterocycles. The highest BCUT2D eigenvalue weighted by molar-refractivity contribution is 5.93. The minimum absolute atomic E-state index is 0.0174. The molecular formula is C25H25F2N5O2. The van der Waals surface area contributed by atoms with E-state index in [0.29, 0.717) is 36.4 Å². The Labute approximate surface area is 195 Å². The maximum absolute atomic E-state index is 13.0. The fraction of sp³-hybridized carbons (Fsp3) is 0.400. The average Bonchev–Trinajstić information content (AvgIpc) is 2.85. The van der Waals surface area contributed by atoms with Crippen molar-refractivity contribution < 1.29 is 13.5 Å². The molecule has 3 aromatic rings. The third kappa shape index (κ3) is 3.49. The van der Waals surface area contributed by atoms with Crippen molar-refractivity contribution in [2.75, 3.05) is 24.6 Å². The fourth-order valence-electron chi connectivity index (χ4n) is 5.13. The Morgan fingerprint density at radius 2 is 1.85 bits per heavy atom. The number of piperazine rings is 1. The van der Waals surface area contributed by atoms with E-state index in [1.165, 1.54) is 16.7 Å². The average molecular weight is 466 g/mol. The van der Waals surface area contributed by atoms with Crippen LogP contribution in [0.4, 0.5) is 14.5 Å². The van der Waals surface area contributed by atoms with Gasteiger partial charge in [0.1, 0.15) is 29.6 Å². The van der Waals surface area contributed by atoms with Crippen LogP contribution < -0.4 is 15.2 Å². The molecule has 0 aliphatic carbocycles. The standard InChI is InChI=1S/C25H25F2N5O2/c1-14-11-32-19(12-31(14)15(2)16-4-6-17(7-5-16)24(26)27)13-34-23-22(32)21-20(30(3)25(23)33)9-8-18(10-28)29-21/h4-9,14-15,19,24H,11-13H2,1-3H3/t14-,15+,19+/m1/s1. The highest BCUT2D eigenvalue weighted by Crippen LogP contribution is 2.40. The summed E-state index contributed by atoms with van der Waals surface area (Å²) in [5.41, 5.74) is 2.92. The van der Waals surface area contributed by atoms with E-state index in [0.717, 1.165) is 5.56 Å². The van der Waals surface area contributed by atoms with Crippen LogP contribution in [0.15, 0.2) is 41.2 Å². The van der Waals surface area contributed by atoms with Crippen molar-refractivity contribution in [3.05, 3.63) is 63.6 Å². The van der Waals surface area contributed by atoms with Crippen molar-refractivity contribution in [3.8, 4) is 11.8 Å². The third-order valence-corrected chi connectivity index (χ3v) is 7.05. The number of nitriles is 1. The first-order valence-electron chi connectivity index (χ1n) is 11.3. The SMILES string of the molecule is C[C@@H]1CN2c3c(c(=O)n(C)c4ccc(C#N)nc34)OC[C@@H]2CN1[C@@H](C)c1ccc(C(F)F)cc1. The highest BCUT2D eigenvalue weighted by Gasteiger charge is 2.40. The number of aromatic nitrogens is 2. The van der Waals surface area contributed by atoms with Gasteiger partial charge in [-0.15, -0.1) is 0 Å². The van der Waals surface area contributed by atoms with Gasteiger partial charge < -0.3 is 14.2 Å². The Morgan fingerprint density at radius 1 is 1.15 bits per heavy atom. The van der Waals surface area contributed by atoms with Gasteiger partial charge in [0.25, 0.3) is 12.0 Å². The van der Waals surface area contributed by atoms with Gasteiger partial charge in [0.15, 0.2) is 0 Å². The number of anilines is 1. The number of nitrogens with zero attached hydrogens (tertiary/aromatic N) is 5. The van der Waals surface area contributed by atoms with Crippen molar-refractivity contribution in [2.45, 2.75) is 38.4 Å². The summed E-state index contributed by atoms with van der Waals surface area (Å²) in [5.74, 6) is 0.269. The topological polar surface area (TPSA) is 74.4 Å². The zero-order valence-electron chi connectivity index (χ0n) is 19.2. The molecule has 0 spiro atoms. The molecular weight excluding hydrogens is 440 g/mol. The summed E-state index contributed by atoms with van der Waals surface area (Å²) in [6.45, 7) is 5.86. The van der Waals surface area contributed by atoms with Crippen LogP contribution in [0.5, 0.6) is 5.75 Å². The molecule has 7 nitrogen and oxygen atoms in total. The molecule has 176 valence electrons. The summed E-state index contributed by atoms with van der Waals surface area (Å²) in [6, 6.07) is 12.1. The van der Waals surface area contributed by atoms with E-state index < -0.39 is 6.43 Å². The fourth-order valence-corrected chi connectivity index (χ4v) is 5.13. The van der Waals surface area contributed by atoms with Crippen LogP contribution in [0.2, 0.25) is 0 Å². The Bertz CT molecular complexity index is 1350. The number of pyridine rings is 2. The van der Waals surface area contributed by atoms with Gasteiger partial charge in [0.05, 0.1) is 11.6 Å². The number of hydrogen-bond donors (Lipinski definition) is 0. The zero-order chi connectivity index (χ0) is 24.1. The predicted octanol–water partition coefficient (Wildman–Crippen LogP) is 3.78. The monoisotopic (exact) mass is 465 g/mol. The minimum atomic E-state index is -2.48. The number of aryl methyl sites for hydroxylation is 1. The summed E-state index contributed by atoms with van der Waals surface area (Å²) in [5, 5.41) is 9.38. The normalized spacial score (nSPS) is 21.0. The van der Waals surface area contributed by atoms with E-state index in [1.807, 2.05) is 0 Å². The molecule has 0 saturated carbocycles. The molecule has 9 heteroatoms. The first-order valence-corrected chi connectivity index (χ1v) is 11.3. The van der Waals surface area contributed by atoms with Gasteiger partial charge in [0.2, 0.25) is 5.75 Å². The van der Waals surface area contributed by atoms with E-state index >= 15 is 0 Å². The van der Waals surface area contributed by atoms with Crippen molar-refractivity contribution >= 4 is 16.7 Å². The first kappa shape index (κ1) is 22.3. The molecule has 5 rings (SSSR count). The maximum atomic E-state index is 13.0. The molecule has 4 heterocycles. The van der Waals surface area contributed by atoms with Gasteiger partial charge in [-0.05, 0) is 31.5 Å². The van der Waals surface area contributed by atoms with Gasteiger partial charge in [0, 0.05) is 37.8 Å². The molecule has 2 aliphatic rings. The first-order chi connectivity index (χ1) is 16.3. The van der Waals surface area contributed by atoms with Crippen LogP contribution in [-0.4, -0.2) is 46.2 Å².